The third-order valence-corrected chi connectivity index (χ3v) is 8.50. The summed E-state index contributed by atoms with van der Waals surface area (Å²) in [6.07, 6.45) is 6.73. The van der Waals surface area contributed by atoms with Gasteiger partial charge in [0.25, 0.3) is 5.91 Å². The molecular weight excluding hydrogens is 484 g/mol. The van der Waals surface area contributed by atoms with Gasteiger partial charge in [-0.3, -0.25) is 10.1 Å². The maximum Gasteiger partial charge on any atom is 0.257 e. The zero-order valence-electron chi connectivity index (χ0n) is 18.9. The molecule has 1 aromatic heterocycles. The lowest BCUT2D eigenvalue weighted by molar-refractivity contribution is 0.102. The molecule has 1 aliphatic heterocycles. The first-order valence-corrected chi connectivity index (χ1v) is 13.1. The van der Waals surface area contributed by atoms with Gasteiger partial charge in [0.15, 0.2) is 5.13 Å². The fourth-order valence-corrected chi connectivity index (χ4v) is 5.99. The van der Waals surface area contributed by atoms with Gasteiger partial charge in [0.05, 0.1) is 10.6 Å². The van der Waals surface area contributed by atoms with E-state index < -0.39 is 15.9 Å². The molecule has 0 bridgehead atoms. The number of azide groups is 1. The van der Waals surface area contributed by atoms with Crippen molar-refractivity contribution in [3.8, 4) is 23.6 Å². The normalized spacial score (nSPS) is 14.6. The predicted molar refractivity (Wildman–Crippen MR) is 136 cm³/mol. The van der Waals surface area contributed by atoms with Gasteiger partial charge in [0.2, 0.25) is 10.0 Å². The number of piperidine rings is 1. The Morgan fingerprint density at radius 2 is 1.97 bits per heavy atom. The van der Waals surface area contributed by atoms with Gasteiger partial charge in [0.1, 0.15) is 0 Å². The van der Waals surface area contributed by atoms with Crippen LogP contribution in [0.5, 0.6) is 0 Å². The van der Waals surface area contributed by atoms with Gasteiger partial charge in [0, 0.05) is 46.1 Å². The molecule has 2 heterocycles. The van der Waals surface area contributed by atoms with Gasteiger partial charge in [-0.15, -0.1) is 23.7 Å². The summed E-state index contributed by atoms with van der Waals surface area (Å²) in [7, 11) is -3.64. The van der Waals surface area contributed by atoms with Crippen molar-refractivity contribution in [3.63, 3.8) is 0 Å². The number of hydrogen-bond donors (Lipinski definition) is 1. The molecule has 0 atom stereocenters. The highest BCUT2D eigenvalue weighted by molar-refractivity contribution is 7.89. The van der Waals surface area contributed by atoms with E-state index in [9.17, 15) is 13.2 Å². The van der Waals surface area contributed by atoms with E-state index >= 15 is 0 Å². The monoisotopic (exact) mass is 506 g/mol. The van der Waals surface area contributed by atoms with Crippen molar-refractivity contribution in [1.29, 1.82) is 0 Å². The molecule has 4 rings (SSSR count). The van der Waals surface area contributed by atoms with Crippen LogP contribution in [0.2, 0.25) is 0 Å². The van der Waals surface area contributed by atoms with E-state index in [0.717, 1.165) is 11.1 Å². The van der Waals surface area contributed by atoms with Crippen LogP contribution in [0.4, 0.5) is 10.8 Å². The quantitative estimate of drug-likeness (QED) is 0.209. The largest absolute Gasteiger partial charge is 0.298 e. The summed E-state index contributed by atoms with van der Waals surface area (Å²) >= 11 is 1.26. The van der Waals surface area contributed by atoms with Crippen molar-refractivity contribution in [2.24, 2.45) is 11.0 Å². The smallest absolute Gasteiger partial charge is 0.257 e. The zero-order valence-corrected chi connectivity index (χ0v) is 20.5. The van der Waals surface area contributed by atoms with Crippen molar-refractivity contribution in [2.75, 3.05) is 18.4 Å². The fourth-order valence-electron chi connectivity index (χ4n) is 3.81. The minimum absolute atomic E-state index is 0.109. The summed E-state index contributed by atoms with van der Waals surface area (Å²) in [5, 5.41) is 8.57. The number of hydrogen-bond acceptors (Lipinski definition) is 6. The van der Waals surface area contributed by atoms with Crippen molar-refractivity contribution < 1.29 is 13.2 Å². The first-order chi connectivity index (χ1) is 16.8. The second kappa shape index (κ2) is 10.3. The third-order valence-electron chi connectivity index (χ3n) is 5.83. The number of terminal acetylenes is 1. The third kappa shape index (κ3) is 5.37. The van der Waals surface area contributed by atoms with Crippen molar-refractivity contribution in [2.45, 2.75) is 24.7 Å². The molecule has 1 saturated heterocycles. The molecule has 2 aromatic carbocycles. The van der Waals surface area contributed by atoms with Crippen LogP contribution in [-0.4, -0.2) is 36.7 Å². The van der Waals surface area contributed by atoms with Crippen LogP contribution < -0.4 is 5.32 Å². The van der Waals surface area contributed by atoms with Crippen molar-refractivity contribution in [1.82, 2.24) is 9.29 Å². The van der Waals surface area contributed by atoms with E-state index in [2.05, 4.69) is 26.2 Å². The summed E-state index contributed by atoms with van der Waals surface area (Å²) in [5.41, 5.74) is 11.8. The van der Waals surface area contributed by atoms with Gasteiger partial charge >= 0.3 is 0 Å². The Labute approximate surface area is 207 Å². The number of nitrogens with zero attached hydrogens (tertiary/aromatic N) is 5. The molecule has 0 unspecified atom stereocenters. The van der Waals surface area contributed by atoms with Crippen LogP contribution in [0.3, 0.4) is 0 Å². The lowest BCUT2D eigenvalue weighted by Crippen LogP contribution is -2.38. The molecule has 3 aromatic rings. The molecule has 0 radical (unpaired) electrons. The van der Waals surface area contributed by atoms with Gasteiger partial charge in [-0.05, 0) is 61.2 Å². The minimum atomic E-state index is -3.64. The zero-order chi connectivity index (χ0) is 25.0. The number of aryl methyl sites for hydroxylation is 1. The second-order valence-electron chi connectivity index (χ2n) is 8.05. The molecule has 35 heavy (non-hydrogen) atoms. The lowest BCUT2D eigenvalue weighted by Gasteiger charge is -2.28. The summed E-state index contributed by atoms with van der Waals surface area (Å²) in [6.45, 7) is 2.69. The number of carbonyl (C=O) groups is 1. The van der Waals surface area contributed by atoms with Crippen LogP contribution >= 0.6 is 11.3 Å². The highest BCUT2D eigenvalue weighted by atomic mass is 32.2. The molecule has 0 saturated carbocycles. The molecule has 11 heteroatoms. The maximum absolute atomic E-state index is 12.9. The van der Waals surface area contributed by atoms with Crippen LogP contribution in [0.25, 0.3) is 21.7 Å². The number of benzene rings is 2. The Balaban J connectivity index is 1.45. The lowest BCUT2D eigenvalue weighted by atomic mass is 10.00. The molecule has 178 valence electrons. The number of amides is 1. The SMILES string of the molecule is C#CC1CCN(S(=O)(=O)c2ccc(C(=O)Nc3nc(-c4cc(N=[N+]=[N-])ccc4C)cs3)cc2)CC1. The van der Waals surface area contributed by atoms with E-state index in [-0.39, 0.29) is 10.8 Å². The van der Waals surface area contributed by atoms with E-state index in [0.29, 0.717) is 48.0 Å². The number of rotatable bonds is 6. The highest BCUT2D eigenvalue weighted by Gasteiger charge is 2.28. The van der Waals surface area contributed by atoms with Crippen molar-refractivity contribution >= 4 is 38.1 Å². The number of carbonyl (C=O) groups excluding carboxylic acids is 1. The average Bonchev–Trinajstić information content (AvgIpc) is 3.33. The van der Waals surface area contributed by atoms with Gasteiger partial charge < -0.3 is 0 Å². The van der Waals surface area contributed by atoms with Crippen LogP contribution in [0.1, 0.15) is 28.8 Å². The number of nitrogens with one attached hydrogen (secondary N) is 1. The first kappa shape index (κ1) is 24.4. The van der Waals surface area contributed by atoms with Gasteiger partial charge in [-0.1, -0.05) is 17.2 Å². The number of anilines is 1. The van der Waals surface area contributed by atoms with Gasteiger partial charge in [-0.2, -0.15) is 4.31 Å². The van der Waals surface area contributed by atoms with E-state index in [1.54, 1.807) is 17.5 Å². The second-order valence-corrected chi connectivity index (χ2v) is 10.8. The molecule has 0 spiro atoms. The minimum Gasteiger partial charge on any atom is -0.298 e. The molecule has 1 aliphatic rings. The molecule has 1 fully saturated rings. The Morgan fingerprint density at radius 1 is 1.26 bits per heavy atom. The van der Waals surface area contributed by atoms with E-state index in [1.165, 1.54) is 39.9 Å². The number of thiazole rings is 1. The number of sulfonamides is 1. The molecular formula is C24H22N6O3S2. The Kier molecular flexibility index (Phi) is 7.19. The first-order valence-electron chi connectivity index (χ1n) is 10.8. The maximum atomic E-state index is 12.9. The summed E-state index contributed by atoms with van der Waals surface area (Å²) < 4.78 is 27.3. The van der Waals surface area contributed by atoms with Crippen LogP contribution in [0.15, 0.2) is 57.9 Å². The standard InChI is InChI=1S/C24H22N6O3S2/c1-3-17-10-12-30(13-11-17)35(32,33)20-8-5-18(6-9-20)23(31)27-24-26-22(15-34-24)21-14-19(28-29-25)7-4-16(21)2/h1,4-9,14-15,17H,10-13H2,2H3,(H,26,27,31). The molecule has 0 aliphatic carbocycles. The average molecular weight is 507 g/mol. The van der Waals surface area contributed by atoms with Crippen LogP contribution in [0, 0.1) is 25.2 Å². The topological polar surface area (TPSA) is 128 Å². The molecule has 1 amide bonds. The predicted octanol–water partition coefficient (Wildman–Crippen LogP) is 5.35. The number of aromatic nitrogens is 1. The van der Waals surface area contributed by atoms with Crippen LogP contribution in [-0.2, 0) is 10.0 Å². The van der Waals surface area contributed by atoms with E-state index in [4.69, 9.17) is 12.0 Å². The Bertz CT molecular complexity index is 1440. The highest BCUT2D eigenvalue weighted by Crippen LogP contribution is 2.31. The molecule has 1 N–H and O–H groups in total. The van der Waals surface area contributed by atoms with Gasteiger partial charge in [-0.25, -0.2) is 13.4 Å². The fraction of sp³-hybridized carbons (Fsp3) is 0.250. The molecule has 9 nitrogen and oxygen atoms in total. The Morgan fingerprint density at radius 3 is 2.63 bits per heavy atom. The summed E-state index contributed by atoms with van der Waals surface area (Å²) in [6, 6.07) is 11.1. The summed E-state index contributed by atoms with van der Waals surface area (Å²) in [5.74, 6) is 2.40. The summed E-state index contributed by atoms with van der Waals surface area (Å²) in [4.78, 5) is 20.1. The van der Waals surface area contributed by atoms with E-state index in [1.807, 2.05) is 13.0 Å². The van der Waals surface area contributed by atoms with Crippen molar-refractivity contribution in [3.05, 3.63) is 69.4 Å². The Hall–Kier alpha value is -3.68.